The average Bonchev–Trinajstić information content (AvgIpc) is 2.64. The fourth-order valence-corrected chi connectivity index (χ4v) is 2.10. The van der Waals surface area contributed by atoms with E-state index >= 15 is 0 Å². The van der Waals surface area contributed by atoms with Gasteiger partial charge in [-0.2, -0.15) is 5.10 Å². The van der Waals surface area contributed by atoms with Gasteiger partial charge in [0.05, 0.1) is 6.20 Å². The van der Waals surface area contributed by atoms with Crippen LogP contribution in [0.4, 0.5) is 0 Å². The number of halogens is 1. The van der Waals surface area contributed by atoms with Crippen molar-refractivity contribution in [3.63, 3.8) is 0 Å². The summed E-state index contributed by atoms with van der Waals surface area (Å²) in [5, 5.41) is 4.13. The number of nitrogens with two attached hydrogens (primary N) is 1. The molecule has 0 saturated heterocycles. The molecule has 1 heterocycles. The fraction of sp³-hybridized carbons (Fsp3) is 0.250. The van der Waals surface area contributed by atoms with Crippen LogP contribution in [0.2, 0.25) is 0 Å². The number of rotatable bonds is 3. The molecule has 2 N–H and O–H groups in total. The van der Waals surface area contributed by atoms with Crippen LogP contribution >= 0.6 is 15.9 Å². The van der Waals surface area contributed by atoms with Crippen molar-refractivity contribution in [2.24, 2.45) is 12.8 Å². The van der Waals surface area contributed by atoms with Crippen molar-refractivity contribution in [3.8, 4) is 0 Å². The minimum Gasteiger partial charge on any atom is -0.324 e. The van der Waals surface area contributed by atoms with Crippen LogP contribution in [0.3, 0.4) is 0 Å². The maximum atomic E-state index is 6.15. The smallest absolute Gasteiger partial charge is 0.0522 e. The van der Waals surface area contributed by atoms with Gasteiger partial charge in [0.1, 0.15) is 0 Å². The zero-order valence-corrected chi connectivity index (χ0v) is 10.7. The van der Waals surface area contributed by atoms with Gasteiger partial charge in [-0.15, -0.1) is 0 Å². The molecule has 0 fully saturated rings. The van der Waals surface area contributed by atoms with Crippen molar-refractivity contribution in [2.75, 3.05) is 0 Å². The highest BCUT2D eigenvalue weighted by Gasteiger charge is 2.08. The second-order valence-corrected chi connectivity index (χ2v) is 4.80. The molecule has 84 valence electrons. The molecule has 1 atom stereocenters. The Balaban J connectivity index is 2.11. The van der Waals surface area contributed by atoms with E-state index in [-0.39, 0.29) is 6.04 Å². The van der Waals surface area contributed by atoms with Crippen LogP contribution in [0.15, 0.2) is 41.1 Å². The van der Waals surface area contributed by atoms with E-state index in [1.54, 1.807) is 4.68 Å². The molecule has 2 rings (SSSR count). The van der Waals surface area contributed by atoms with E-state index in [4.69, 9.17) is 5.73 Å². The highest BCUT2D eigenvalue weighted by atomic mass is 79.9. The van der Waals surface area contributed by atoms with E-state index in [0.717, 1.165) is 22.0 Å². The third kappa shape index (κ3) is 2.71. The summed E-state index contributed by atoms with van der Waals surface area (Å²) >= 11 is 3.45. The van der Waals surface area contributed by atoms with Gasteiger partial charge in [0.15, 0.2) is 0 Å². The Labute approximate surface area is 103 Å². The van der Waals surface area contributed by atoms with Crippen molar-refractivity contribution in [3.05, 3.63) is 52.3 Å². The minimum atomic E-state index is 0.0155. The maximum Gasteiger partial charge on any atom is 0.0522 e. The molecule has 1 aromatic carbocycles. The van der Waals surface area contributed by atoms with Gasteiger partial charge in [0.2, 0.25) is 0 Å². The molecule has 0 aliphatic rings. The summed E-state index contributed by atoms with van der Waals surface area (Å²) in [5.74, 6) is 0. The first kappa shape index (κ1) is 11.4. The quantitative estimate of drug-likeness (QED) is 0.938. The molecule has 16 heavy (non-hydrogen) atoms. The molecule has 0 aliphatic heterocycles. The predicted octanol–water partition coefficient (Wildman–Crippen LogP) is 2.43. The molecular weight excluding hydrogens is 266 g/mol. The monoisotopic (exact) mass is 279 g/mol. The third-order valence-electron chi connectivity index (χ3n) is 2.49. The number of nitrogens with zero attached hydrogens (tertiary/aromatic N) is 2. The first-order valence-electron chi connectivity index (χ1n) is 5.14. The highest BCUT2D eigenvalue weighted by Crippen LogP contribution is 2.19. The Morgan fingerprint density at radius 1 is 1.50 bits per heavy atom. The lowest BCUT2D eigenvalue weighted by atomic mass is 10.0. The SMILES string of the molecule is Cn1cc(CC(N)c2cccc(Br)c2)cn1. The summed E-state index contributed by atoms with van der Waals surface area (Å²) in [7, 11) is 1.91. The zero-order chi connectivity index (χ0) is 11.5. The van der Waals surface area contributed by atoms with Gasteiger partial charge >= 0.3 is 0 Å². The number of hydrogen-bond acceptors (Lipinski definition) is 2. The summed E-state index contributed by atoms with van der Waals surface area (Å²) in [6, 6.07) is 8.12. The van der Waals surface area contributed by atoms with E-state index in [1.165, 1.54) is 0 Å². The largest absolute Gasteiger partial charge is 0.324 e. The van der Waals surface area contributed by atoms with Crippen LogP contribution in [0.1, 0.15) is 17.2 Å². The van der Waals surface area contributed by atoms with E-state index in [1.807, 2.05) is 37.6 Å². The van der Waals surface area contributed by atoms with Gasteiger partial charge in [-0.3, -0.25) is 4.68 Å². The molecule has 3 nitrogen and oxygen atoms in total. The van der Waals surface area contributed by atoms with Crippen LogP contribution in [0, 0.1) is 0 Å². The van der Waals surface area contributed by atoms with Crippen molar-refractivity contribution in [1.29, 1.82) is 0 Å². The van der Waals surface area contributed by atoms with Crippen molar-refractivity contribution >= 4 is 15.9 Å². The van der Waals surface area contributed by atoms with Gasteiger partial charge in [-0.1, -0.05) is 28.1 Å². The molecule has 0 aliphatic carbocycles. The van der Waals surface area contributed by atoms with Gasteiger partial charge in [-0.05, 0) is 29.7 Å². The Kier molecular flexibility index (Phi) is 3.41. The number of benzene rings is 1. The topological polar surface area (TPSA) is 43.8 Å². The predicted molar refractivity (Wildman–Crippen MR) is 68.0 cm³/mol. The summed E-state index contributed by atoms with van der Waals surface area (Å²) in [5.41, 5.74) is 8.45. The molecule has 0 bridgehead atoms. The van der Waals surface area contributed by atoms with Crippen molar-refractivity contribution < 1.29 is 0 Å². The van der Waals surface area contributed by atoms with Crippen molar-refractivity contribution in [1.82, 2.24) is 9.78 Å². The van der Waals surface area contributed by atoms with Crippen LogP contribution < -0.4 is 5.73 Å². The first-order chi connectivity index (χ1) is 7.65. The molecule has 2 aromatic rings. The van der Waals surface area contributed by atoms with Crippen LogP contribution in [0.5, 0.6) is 0 Å². The normalized spacial score (nSPS) is 12.7. The van der Waals surface area contributed by atoms with Gasteiger partial charge < -0.3 is 5.73 Å². The lowest BCUT2D eigenvalue weighted by molar-refractivity contribution is 0.719. The highest BCUT2D eigenvalue weighted by molar-refractivity contribution is 9.10. The Morgan fingerprint density at radius 2 is 2.31 bits per heavy atom. The molecule has 0 amide bonds. The van der Waals surface area contributed by atoms with Gasteiger partial charge in [0, 0.05) is 23.8 Å². The van der Waals surface area contributed by atoms with Crippen LogP contribution in [-0.4, -0.2) is 9.78 Å². The zero-order valence-electron chi connectivity index (χ0n) is 9.10. The Hall–Kier alpha value is -1.13. The van der Waals surface area contributed by atoms with Gasteiger partial charge in [0.25, 0.3) is 0 Å². The van der Waals surface area contributed by atoms with Crippen LogP contribution in [-0.2, 0) is 13.5 Å². The second kappa shape index (κ2) is 4.80. The Morgan fingerprint density at radius 3 is 2.94 bits per heavy atom. The minimum absolute atomic E-state index is 0.0155. The maximum absolute atomic E-state index is 6.15. The molecule has 1 unspecified atom stereocenters. The van der Waals surface area contributed by atoms with Crippen molar-refractivity contribution in [2.45, 2.75) is 12.5 Å². The summed E-state index contributed by atoms with van der Waals surface area (Å²) in [4.78, 5) is 0. The second-order valence-electron chi connectivity index (χ2n) is 3.89. The van der Waals surface area contributed by atoms with E-state index in [9.17, 15) is 0 Å². The standard InChI is InChI=1S/C12H14BrN3/c1-16-8-9(7-15-16)5-12(14)10-3-2-4-11(13)6-10/h2-4,6-8,12H,5,14H2,1H3. The summed E-state index contributed by atoms with van der Waals surface area (Å²) in [6.07, 6.45) is 4.67. The lowest BCUT2D eigenvalue weighted by Gasteiger charge is -2.10. The number of aromatic nitrogens is 2. The van der Waals surface area contributed by atoms with E-state index in [0.29, 0.717) is 0 Å². The lowest BCUT2D eigenvalue weighted by Crippen LogP contribution is -2.12. The summed E-state index contributed by atoms with van der Waals surface area (Å²) in [6.45, 7) is 0. The molecule has 0 spiro atoms. The first-order valence-corrected chi connectivity index (χ1v) is 5.93. The van der Waals surface area contributed by atoms with Crippen LogP contribution in [0.25, 0.3) is 0 Å². The molecule has 1 aromatic heterocycles. The third-order valence-corrected chi connectivity index (χ3v) is 2.98. The average molecular weight is 280 g/mol. The van der Waals surface area contributed by atoms with E-state index < -0.39 is 0 Å². The molecule has 4 heteroatoms. The molecule has 0 saturated carbocycles. The van der Waals surface area contributed by atoms with Gasteiger partial charge in [-0.25, -0.2) is 0 Å². The molecular formula is C12H14BrN3. The Bertz CT molecular complexity index is 479. The van der Waals surface area contributed by atoms with E-state index in [2.05, 4.69) is 27.1 Å². The number of hydrogen-bond donors (Lipinski definition) is 1. The number of aryl methyl sites for hydroxylation is 1. The molecule has 0 radical (unpaired) electrons. The fourth-order valence-electron chi connectivity index (χ4n) is 1.69. The summed E-state index contributed by atoms with van der Waals surface area (Å²) < 4.78 is 2.86.